The number of rotatable bonds is 3. The van der Waals surface area contributed by atoms with E-state index in [0.29, 0.717) is 5.78 Å². The van der Waals surface area contributed by atoms with Gasteiger partial charge in [-0.05, 0) is 37.9 Å². The number of Topliss-reactive ketones (excluding diaryl/α,β-unsaturated/α-hetero) is 1. The number of nitrogens with zero attached hydrogens (tertiary/aromatic N) is 1. The summed E-state index contributed by atoms with van der Waals surface area (Å²) in [5, 5.41) is 0. The summed E-state index contributed by atoms with van der Waals surface area (Å²) in [4.78, 5) is 13.8. The summed E-state index contributed by atoms with van der Waals surface area (Å²) in [6.45, 7) is 4.67. The van der Waals surface area contributed by atoms with E-state index in [-0.39, 0.29) is 5.92 Å². The molecule has 1 heterocycles. The fourth-order valence-electron chi connectivity index (χ4n) is 2.40. The van der Waals surface area contributed by atoms with Gasteiger partial charge in [0.05, 0.1) is 0 Å². The van der Waals surface area contributed by atoms with Gasteiger partial charge in [0.15, 0.2) is 0 Å². The number of halogens is 1. The van der Waals surface area contributed by atoms with Crippen LogP contribution in [0.5, 0.6) is 0 Å². The van der Waals surface area contributed by atoms with Gasteiger partial charge in [0.2, 0.25) is 0 Å². The molecule has 3 heteroatoms. The van der Waals surface area contributed by atoms with Gasteiger partial charge in [-0.1, -0.05) is 34.1 Å². The Morgan fingerprint density at radius 2 is 2.24 bits per heavy atom. The Bertz CT molecular complexity index is 405. The van der Waals surface area contributed by atoms with Crippen molar-refractivity contribution in [1.82, 2.24) is 4.90 Å². The highest BCUT2D eigenvalue weighted by atomic mass is 79.9. The molecule has 1 unspecified atom stereocenters. The number of hydrogen-bond donors (Lipinski definition) is 0. The van der Waals surface area contributed by atoms with Gasteiger partial charge in [-0.25, -0.2) is 0 Å². The van der Waals surface area contributed by atoms with Crippen molar-refractivity contribution in [3.05, 3.63) is 34.3 Å². The molecule has 1 aliphatic rings. The molecule has 1 aromatic rings. The van der Waals surface area contributed by atoms with Crippen LogP contribution in [-0.4, -0.2) is 23.8 Å². The van der Waals surface area contributed by atoms with Crippen LogP contribution in [0.15, 0.2) is 28.7 Å². The molecule has 0 radical (unpaired) electrons. The Balaban J connectivity index is 1.99. The number of benzene rings is 1. The van der Waals surface area contributed by atoms with Gasteiger partial charge in [0.25, 0.3) is 0 Å². The van der Waals surface area contributed by atoms with Crippen molar-refractivity contribution in [2.45, 2.75) is 26.3 Å². The van der Waals surface area contributed by atoms with Crippen LogP contribution in [0.1, 0.15) is 25.3 Å². The third-order valence-corrected chi connectivity index (χ3v) is 4.21. The van der Waals surface area contributed by atoms with E-state index in [4.69, 9.17) is 0 Å². The fourth-order valence-corrected chi connectivity index (χ4v) is 2.81. The monoisotopic (exact) mass is 295 g/mol. The van der Waals surface area contributed by atoms with Crippen LogP contribution in [0.2, 0.25) is 0 Å². The second-order valence-corrected chi connectivity index (χ2v) is 5.63. The largest absolute Gasteiger partial charge is 0.300 e. The first-order valence-corrected chi connectivity index (χ1v) is 6.92. The minimum absolute atomic E-state index is 0.242. The molecule has 2 nitrogen and oxygen atoms in total. The van der Waals surface area contributed by atoms with Crippen molar-refractivity contribution in [2.24, 2.45) is 5.92 Å². The van der Waals surface area contributed by atoms with E-state index in [9.17, 15) is 4.79 Å². The van der Waals surface area contributed by atoms with Crippen molar-refractivity contribution in [2.75, 3.05) is 13.1 Å². The molecule has 0 bridgehead atoms. The molecule has 0 saturated carbocycles. The molecule has 1 aliphatic heterocycles. The lowest BCUT2D eigenvalue weighted by Crippen LogP contribution is -2.37. The van der Waals surface area contributed by atoms with Gasteiger partial charge in [0.1, 0.15) is 5.78 Å². The van der Waals surface area contributed by atoms with Crippen LogP contribution in [-0.2, 0) is 11.3 Å². The van der Waals surface area contributed by atoms with E-state index in [1.807, 2.05) is 6.07 Å². The number of ketones is 1. The molecule has 17 heavy (non-hydrogen) atoms. The van der Waals surface area contributed by atoms with Crippen molar-refractivity contribution in [3.8, 4) is 0 Å². The molecule has 2 rings (SSSR count). The molecular weight excluding hydrogens is 278 g/mol. The highest BCUT2D eigenvalue weighted by Gasteiger charge is 2.23. The van der Waals surface area contributed by atoms with Crippen LogP contribution in [0.25, 0.3) is 0 Å². The zero-order valence-corrected chi connectivity index (χ0v) is 11.7. The van der Waals surface area contributed by atoms with Crippen LogP contribution in [0, 0.1) is 5.92 Å². The maximum absolute atomic E-state index is 11.4. The molecule has 0 N–H and O–H groups in total. The molecule has 92 valence electrons. The lowest BCUT2D eigenvalue weighted by atomic mass is 9.94. The minimum Gasteiger partial charge on any atom is -0.300 e. The minimum atomic E-state index is 0.242. The van der Waals surface area contributed by atoms with Crippen molar-refractivity contribution in [3.63, 3.8) is 0 Å². The summed E-state index contributed by atoms with van der Waals surface area (Å²) in [5.74, 6) is 0.577. The quantitative estimate of drug-likeness (QED) is 0.853. The normalized spacial score (nSPS) is 21.4. The molecule has 1 atom stereocenters. The lowest BCUT2D eigenvalue weighted by molar-refractivity contribution is -0.122. The molecular formula is C14H18BrNO. The number of carbonyl (C=O) groups excluding carboxylic acids is 1. The molecule has 1 fully saturated rings. The van der Waals surface area contributed by atoms with E-state index in [2.05, 4.69) is 39.0 Å². The summed E-state index contributed by atoms with van der Waals surface area (Å²) < 4.78 is 1.16. The first-order valence-electron chi connectivity index (χ1n) is 6.13. The first kappa shape index (κ1) is 12.8. The van der Waals surface area contributed by atoms with Crippen molar-refractivity contribution >= 4 is 21.7 Å². The van der Waals surface area contributed by atoms with Crippen molar-refractivity contribution in [1.29, 1.82) is 0 Å². The number of hydrogen-bond acceptors (Lipinski definition) is 2. The van der Waals surface area contributed by atoms with E-state index in [1.165, 1.54) is 5.56 Å². The second-order valence-electron chi connectivity index (χ2n) is 4.78. The average molecular weight is 296 g/mol. The molecule has 0 aromatic heterocycles. The van der Waals surface area contributed by atoms with Crippen LogP contribution >= 0.6 is 15.9 Å². The zero-order valence-electron chi connectivity index (χ0n) is 10.2. The maximum Gasteiger partial charge on any atom is 0.134 e. The van der Waals surface area contributed by atoms with E-state index in [1.54, 1.807) is 6.92 Å². The van der Waals surface area contributed by atoms with E-state index in [0.717, 1.165) is 36.9 Å². The maximum atomic E-state index is 11.4. The lowest BCUT2D eigenvalue weighted by Gasteiger charge is -2.31. The van der Waals surface area contributed by atoms with Gasteiger partial charge in [-0.3, -0.25) is 9.69 Å². The summed E-state index contributed by atoms with van der Waals surface area (Å²) in [6.07, 6.45) is 2.19. The SMILES string of the molecule is CC(=O)C1CCCN(Cc2ccccc2Br)C1. The van der Waals surface area contributed by atoms with Gasteiger partial charge >= 0.3 is 0 Å². The predicted molar refractivity (Wildman–Crippen MR) is 72.8 cm³/mol. The summed E-state index contributed by atoms with van der Waals surface area (Å²) in [6, 6.07) is 8.30. The Kier molecular flexibility index (Phi) is 4.35. The molecule has 1 saturated heterocycles. The Hall–Kier alpha value is -0.670. The summed E-state index contributed by atoms with van der Waals surface area (Å²) in [5.41, 5.74) is 1.30. The highest BCUT2D eigenvalue weighted by molar-refractivity contribution is 9.10. The van der Waals surface area contributed by atoms with Crippen LogP contribution in [0.4, 0.5) is 0 Å². The highest BCUT2D eigenvalue weighted by Crippen LogP contribution is 2.22. The third-order valence-electron chi connectivity index (χ3n) is 3.43. The van der Waals surface area contributed by atoms with Gasteiger partial charge in [-0.2, -0.15) is 0 Å². The average Bonchev–Trinajstić information content (AvgIpc) is 2.32. The smallest absolute Gasteiger partial charge is 0.134 e. The number of carbonyl (C=O) groups is 1. The second kappa shape index (κ2) is 5.78. The molecule has 0 amide bonds. The Labute approximate surface area is 111 Å². The van der Waals surface area contributed by atoms with Gasteiger partial charge in [0, 0.05) is 23.5 Å². The summed E-state index contributed by atoms with van der Waals surface area (Å²) >= 11 is 3.57. The fraction of sp³-hybridized carbons (Fsp3) is 0.500. The Morgan fingerprint density at radius 1 is 1.47 bits per heavy atom. The van der Waals surface area contributed by atoms with E-state index >= 15 is 0 Å². The van der Waals surface area contributed by atoms with E-state index < -0.39 is 0 Å². The predicted octanol–water partition coefficient (Wildman–Crippen LogP) is 3.25. The van der Waals surface area contributed by atoms with Crippen LogP contribution in [0.3, 0.4) is 0 Å². The zero-order chi connectivity index (χ0) is 12.3. The Morgan fingerprint density at radius 3 is 2.94 bits per heavy atom. The van der Waals surface area contributed by atoms with Gasteiger partial charge < -0.3 is 0 Å². The molecule has 0 aliphatic carbocycles. The molecule has 0 spiro atoms. The molecule has 1 aromatic carbocycles. The van der Waals surface area contributed by atoms with Gasteiger partial charge in [-0.15, -0.1) is 0 Å². The standard InChI is InChI=1S/C14H18BrNO/c1-11(17)12-6-4-8-16(9-12)10-13-5-2-3-7-14(13)15/h2-3,5,7,12H,4,6,8-10H2,1H3. The van der Waals surface area contributed by atoms with Crippen LogP contribution < -0.4 is 0 Å². The summed E-state index contributed by atoms with van der Waals surface area (Å²) in [7, 11) is 0. The number of piperidine rings is 1. The topological polar surface area (TPSA) is 20.3 Å². The third kappa shape index (κ3) is 3.39. The number of likely N-dealkylation sites (tertiary alicyclic amines) is 1. The first-order chi connectivity index (χ1) is 8.16. The van der Waals surface area contributed by atoms with Crippen molar-refractivity contribution < 1.29 is 4.79 Å².